The fourth-order valence-corrected chi connectivity index (χ4v) is 3.05. The summed E-state index contributed by atoms with van der Waals surface area (Å²) < 4.78 is 5.55. The molecular formula is C17H12N4O3S. The molecule has 8 heteroatoms. The summed E-state index contributed by atoms with van der Waals surface area (Å²) in [5.74, 6) is -1.27. The highest BCUT2D eigenvalue weighted by Gasteiger charge is 2.23. The fourth-order valence-electron chi connectivity index (χ4n) is 2.22. The number of thioether (sulfide) groups is 1. The van der Waals surface area contributed by atoms with Crippen LogP contribution in [0.3, 0.4) is 0 Å². The number of ketones is 1. The molecule has 1 aromatic carbocycles. The Morgan fingerprint density at radius 3 is 2.72 bits per heavy atom. The van der Waals surface area contributed by atoms with Crippen LogP contribution in [0.1, 0.15) is 16.1 Å². The zero-order chi connectivity index (χ0) is 17.8. The number of rotatable bonds is 5. The first-order valence-electron chi connectivity index (χ1n) is 7.25. The van der Waals surface area contributed by atoms with Crippen molar-refractivity contribution in [3.8, 4) is 23.3 Å². The fraction of sp³-hybridized carbons (Fsp3) is 0.118. The van der Waals surface area contributed by atoms with Crippen molar-refractivity contribution in [3.05, 3.63) is 53.7 Å². The third-order valence-electron chi connectivity index (χ3n) is 3.42. The average molecular weight is 352 g/mol. The number of pyridine rings is 1. The molecule has 7 nitrogen and oxygen atoms in total. The van der Waals surface area contributed by atoms with E-state index in [1.165, 1.54) is 7.05 Å². The summed E-state index contributed by atoms with van der Waals surface area (Å²) in [5.41, 5.74) is 1.85. The van der Waals surface area contributed by atoms with Crippen molar-refractivity contribution in [2.45, 2.75) is 5.03 Å². The van der Waals surface area contributed by atoms with Crippen LogP contribution in [0.25, 0.3) is 11.3 Å². The molecule has 0 saturated carbocycles. The van der Waals surface area contributed by atoms with Gasteiger partial charge >= 0.3 is 0 Å². The number of Topliss-reactive ketones (excluding diaryl/α,β-unsaturated/α-hetero) is 1. The number of aromatic nitrogens is 3. The van der Waals surface area contributed by atoms with Crippen LogP contribution in [0.5, 0.6) is 5.95 Å². The molecule has 0 N–H and O–H groups in total. The van der Waals surface area contributed by atoms with E-state index in [-0.39, 0.29) is 11.4 Å². The molecule has 3 rings (SSSR count). The molecule has 0 unspecified atom stereocenters. The van der Waals surface area contributed by atoms with Crippen molar-refractivity contribution in [3.63, 3.8) is 0 Å². The Kier molecular flexibility index (Phi) is 4.77. The number of carbonyl (C=O) groups excluding carboxylic acids is 1. The third kappa shape index (κ3) is 3.51. The van der Waals surface area contributed by atoms with E-state index in [2.05, 4.69) is 20.8 Å². The lowest BCUT2D eigenvalue weighted by atomic mass is 10.1. The van der Waals surface area contributed by atoms with E-state index in [1.54, 1.807) is 12.1 Å². The number of nitrogens with zero attached hydrogens (tertiary/aromatic N) is 4. The van der Waals surface area contributed by atoms with Crippen LogP contribution in [0.2, 0.25) is 0 Å². The SMILES string of the molecule is C[n+]1noc([O-])c1C(=O)CSc1nc(-c2ccccc2)ccc1C#N. The van der Waals surface area contributed by atoms with Crippen LogP contribution >= 0.6 is 11.8 Å². The van der Waals surface area contributed by atoms with Gasteiger partial charge in [0.05, 0.1) is 22.3 Å². The number of hydrogen-bond acceptors (Lipinski definition) is 7. The Bertz CT molecular complexity index is 944. The Balaban J connectivity index is 1.84. The van der Waals surface area contributed by atoms with Crippen molar-refractivity contribution in [1.29, 1.82) is 5.26 Å². The molecule has 0 atom stereocenters. The van der Waals surface area contributed by atoms with Crippen LogP contribution in [0.15, 0.2) is 52.0 Å². The van der Waals surface area contributed by atoms with E-state index in [4.69, 9.17) is 0 Å². The highest BCUT2D eigenvalue weighted by Crippen LogP contribution is 2.26. The Morgan fingerprint density at radius 2 is 2.08 bits per heavy atom. The van der Waals surface area contributed by atoms with Gasteiger partial charge in [-0.25, -0.2) is 4.98 Å². The van der Waals surface area contributed by atoms with Gasteiger partial charge in [0, 0.05) is 5.56 Å². The molecule has 25 heavy (non-hydrogen) atoms. The van der Waals surface area contributed by atoms with E-state index >= 15 is 0 Å². The minimum atomic E-state index is -0.778. The third-order valence-corrected chi connectivity index (χ3v) is 4.41. The van der Waals surface area contributed by atoms with Crippen molar-refractivity contribution in [2.24, 2.45) is 7.05 Å². The standard InChI is InChI=1S/C17H12N4O3S/c1-21-15(17(23)24-20-21)14(22)10-25-16-12(9-18)7-8-13(19-16)11-5-3-2-4-6-11/h2-8H,10H2,1H3. The Hall–Kier alpha value is -3.18. The largest absolute Gasteiger partial charge is 0.539 e. The molecule has 0 bridgehead atoms. The van der Waals surface area contributed by atoms with Crippen molar-refractivity contribution in [1.82, 2.24) is 10.3 Å². The van der Waals surface area contributed by atoms with Gasteiger partial charge in [-0.3, -0.25) is 4.79 Å². The summed E-state index contributed by atoms with van der Waals surface area (Å²) in [5, 5.41) is 24.6. The molecule has 2 heterocycles. The van der Waals surface area contributed by atoms with Crippen molar-refractivity contribution in [2.75, 3.05) is 5.75 Å². The summed E-state index contributed by atoms with van der Waals surface area (Å²) in [7, 11) is 1.46. The monoisotopic (exact) mass is 352 g/mol. The summed E-state index contributed by atoms with van der Waals surface area (Å²) >= 11 is 1.10. The molecular weight excluding hydrogens is 340 g/mol. The summed E-state index contributed by atoms with van der Waals surface area (Å²) in [6, 6.07) is 15.0. The second-order valence-electron chi connectivity index (χ2n) is 5.07. The highest BCUT2D eigenvalue weighted by atomic mass is 32.2. The lowest BCUT2D eigenvalue weighted by molar-refractivity contribution is -0.741. The van der Waals surface area contributed by atoms with Crippen molar-refractivity contribution < 1.29 is 19.1 Å². The molecule has 2 aromatic heterocycles. The van der Waals surface area contributed by atoms with Crippen LogP contribution in [0, 0.1) is 11.3 Å². The lowest BCUT2D eigenvalue weighted by Crippen LogP contribution is -2.37. The van der Waals surface area contributed by atoms with Crippen LogP contribution in [0.4, 0.5) is 0 Å². The Morgan fingerprint density at radius 1 is 1.32 bits per heavy atom. The number of aryl methyl sites for hydroxylation is 1. The molecule has 0 aliphatic heterocycles. The van der Waals surface area contributed by atoms with Gasteiger partial charge in [0.25, 0.3) is 5.69 Å². The minimum absolute atomic E-state index is 0.0514. The Labute approximate surface area is 147 Å². The molecule has 0 aliphatic rings. The topological polar surface area (TPSA) is 107 Å². The minimum Gasteiger partial charge on any atom is -0.539 e. The van der Waals surface area contributed by atoms with Gasteiger partial charge in [-0.15, -0.1) is 0 Å². The van der Waals surface area contributed by atoms with Gasteiger partial charge in [-0.1, -0.05) is 46.8 Å². The van der Waals surface area contributed by atoms with Crippen LogP contribution in [-0.2, 0) is 7.05 Å². The quantitative estimate of drug-likeness (QED) is 0.389. The molecule has 0 aliphatic carbocycles. The number of benzene rings is 1. The highest BCUT2D eigenvalue weighted by molar-refractivity contribution is 8.00. The normalized spacial score (nSPS) is 10.4. The second-order valence-corrected chi connectivity index (χ2v) is 6.04. The smallest absolute Gasteiger partial charge is 0.300 e. The maximum atomic E-state index is 12.2. The van der Waals surface area contributed by atoms with Gasteiger partial charge in [0.1, 0.15) is 11.1 Å². The molecule has 0 radical (unpaired) electrons. The van der Waals surface area contributed by atoms with Gasteiger partial charge in [0.15, 0.2) is 13.0 Å². The first-order chi connectivity index (χ1) is 12.1. The molecule has 0 saturated heterocycles. The van der Waals surface area contributed by atoms with Gasteiger partial charge in [0.2, 0.25) is 5.78 Å². The predicted molar refractivity (Wildman–Crippen MR) is 86.6 cm³/mol. The number of nitriles is 1. The van der Waals surface area contributed by atoms with Gasteiger partial charge in [-0.05, 0) is 12.1 Å². The van der Waals surface area contributed by atoms with E-state index in [1.807, 2.05) is 30.3 Å². The lowest BCUT2D eigenvalue weighted by Gasteiger charge is -2.06. The molecule has 3 aromatic rings. The van der Waals surface area contributed by atoms with Crippen LogP contribution in [-0.4, -0.2) is 21.8 Å². The summed E-state index contributed by atoms with van der Waals surface area (Å²) in [4.78, 5) is 16.7. The first-order valence-corrected chi connectivity index (χ1v) is 8.24. The summed E-state index contributed by atoms with van der Waals surface area (Å²) in [6.07, 6.45) is 0. The maximum Gasteiger partial charge on any atom is 0.300 e. The van der Waals surface area contributed by atoms with E-state index < -0.39 is 11.7 Å². The van der Waals surface area contributed by atoms with E-state index in [0.29, 0.717) is 16.3 Å². The van der Waals surface area contributed by atoms with E-state index in [9.17, 15) is 15.2 Å². The molecule has 0 fully saturated rings. The maximum absolute atomic E-state index is 12.2. The van der Waals surface area contributed by atoms with Crippen LogP contribution < -0.4 is 9.79 Å². The second kappa shape index (κ2) is 7.15. The zero-order valence-corrected chi connectivity index (χ0v) is 14.0. The average Bonchev–Trinajstić information content (AvgIpc) is 2.98. The van der Waals surface area contributed by atoms with Crippen molar-refractivity contribution >= 4 is 17.5 Å². The number of hydrogen-bond donors (Lipinski definition) is 0. The van der Waals surface area contributed by atoms with E-state index in [0.717, 1.165) is 22.0 Å². The molecule has 124 valence electrons. The predicted octanol–water partition coefficient (Wildman–Crippen LogP) is 1.48. The molecule has 0 amide bonds. The number of carbonyl (C=O) groups is 1. The first kappa shape index (κ1) is 16.7. The molecule has 0 spiro atoms. The van der Waals surface area contributed by atoms with Gasteiger partial charge < -0.3 is 9.63 Å². The van der Waals surface area contributed by atoms with Gasteiger partial charge in [-0.2, -0.15) is 5.26 Å². The zero-order valence-electron chi connectivity index (χ0n) is 13.2. The summed E-state index contributed by atoms with van der Waals surface area (Å²) in [6.45, 7) is 0.